The van der Waals surface area contributed by atoms with Crippen molar-refractivity contribution in [3.63, 3.8) is 0 Å². The zero-order chi connectivity index (χ0) is 9.97. The first-order valence-electron chi connectivity index (χ1n) is 3.89. The second-order valence-corrected chi connectivity index (χ2v) is 2.70. The van der Waals surface area contributed by atoms with Crippen LogP contribution >= 0.6 is 0 Å². The molecule has 0 aromatic carbocycles. The van der Waals surface area contributed by atoms with Gasteiger partial charge in [-0.3, -0.25) is 0 Å². The molecule has 0 amide bonds. The third-order valence-electron chi connectivity index (χ3n) is 1.65. The van der Waals surface area contributed by atoms with Crippen molar-refractivity contribution in [3.8, 4) is 0 Å². The van der Waals surface area contributed by atoms with Crippen molar-refractivity contribution in [2.24, 2.45) is 0 Å². The molecule has 2 aromatic heterocycles. The van der Waals surface area contributed by atoms with E-state index in [1.165, 1.54) is 11.0 Å². The van der Waals surface area contributed by atoms with Gasteiger partial charge in [-0.05, 0) is 6.07 Å². The highest BCUT2D eigenvalue weighted by Crippen LogP contribution is 2.02. The Morgan fingerprint density at radius 1 is 1.64 bits per heavy atom. The van der Waals surface area contributed by atoms with E-state index in [4.69, 9.17) is 9.52 Å². The van der Waals surface area contributed by atoms with Gasteiger partial charge in [0.25, 0.3) is 5.82 Å². The number of rotatable bonds is 3. The Balaban J connectivity index is 2.14. The second kappa shape index (κ2) is 3.33. The van der Waals surface area contributed by atoms with Crippen molar-refractivity contribution in [2.45, 2.75) is 6.54 Å². The maximum Gasteiger partial charge on any atom is 0.375 e. The molecule has 0 radical (unpaired) electrons. The molecule has 0 aliphatic carbocycles. The van der Waals surface area contributed by atoms with E-state index in [0.717, 1.165) is 5.56 Å². The smallest absolute Gasteiger partial charge is 0.375 e. The predicted octanol–water partition coefficient (Wildman–Crippen LogP) is 0.618. The quantitative estimate of drug-likeness (QED) is 0.772. The predicted molar refractivity (Wildman–Crippen MR) is 44.8 cm³/mol. The van der Waals surface area contributed by atoms with Crippen LogP contribution in [0.2, 0.25) is 0 Å². The van der Waals surface area contributed by atoms with Crippen LogP contribution in [0, 0.1) is 0 Å². The van der Waals surface area contributed by atoms with Gasteiger partial charge in [0.1, 0.15) is 6.33 Å². The van der Waals surface area contributed by atoms with Crippen LogP contribution in [0.25, 0.3) is 0 Å². The fourth-order valence-electron chi connectivity index (χ4n) is 1.04. The Morgan fingerprint density at radius 3 is 3.07 bits per heavy atom. The Labute approximate surface area is 78.8 Å². The third kappa shape index (κ3) is 1.63. The van der Waals surface area contributed by atoms with E-state index >= 15 is 0 Å². The highest BCUT2D eigenvalue weighted by atomic mass is 16.4. The van der Waals surface area contributed by atoms with Crippen molar-refractivity contribution < 1.29 is 14.3 Å². The Bertz CT molecular complexity index is 432. The Morgan fingerprint density at radius 2 is 2.50 bits per heavy atom. The van der Waals surface area contributed by atoms with Gasteiger partial charge in [-0.15, -0.1) is 5.10 Å². The minimum atomic E-state index is -1.13. The summed E-state index contributed by atoms with van der Waals surface area (Å²) < 4.78 is 6.30. The SMILES string of the molecule is O=C(O)c1ncn(Cc2ccoc2)n1. The molecule has 72 valence electrons. The molecule has 2 aromatic rings. The maximum atomic E-state index is 10.5. The number of carbonyl (C=O) groups is 1. The number of hydrogen-bond acceptors (Lipinski definition) is 4. The van der Waals surface area contributed by atoms with Gasteiger partial charge in [0, 0.05) is 5.56 Å². The van der Waals surface area contributed by atoms with Gasteiger partial charge in [-0.25, -0.2) is 14.5 Å². The van der Waals surface area contributed by atoms with Crippen LogP contribution in [0.3, 0.4) is 0 Å². The van der Waals surface area contributed by atoms with E-state index < -0.39 is 5.97 Å². The van der Waals surface area contributed by atoms with E-state index in [-0.39, 0.29) is 5.82 Å². The molecule has 6 heteroatoms. The molecule has 0 fully saturated rings. The van der Waals surface area contributed by atoms with Crippen molar-refractivity contribution in [1.29, 1.82) is 0 Å². The van der Waals surface area contributed by atoms with Crippen LogP contribution in [-0.2, 0) is 6.54 Å². The number of carboxylic acids is 1. The molecular weight excluding hydrogens is 186 g/mol. The number of carboxylic acid groups (broad SMARTS) is 1. The summed E-state index contributed by atoms with van der Waals surface area (Å²) in [7, 11) is 0. The standard InChI is InChI=1S/C8H7N3O3/c12-8(13)7-9-5-11(10-7)3-6-1-2-14-4-6/h1-2,4-5H,3H2,(H,12,13). The number of nitrogens with zero attached hydrogens (tertiary/aromatic N) is 3. The van der Waals surface area contributed by atoms with Crippen LogP contribution < -0.4 is 0 Å². The summed E-state index contributed by atoms with van der Waals surface area (Å²) in [5.41, 5.74) is 0.909. The first-order valence-corrected chi connectivity index (χ1v) is 3.89. The molecule has 0 saturated carbocycles. The van der Waals surface area contributed by atoms with Crippen molar-refractivity contribution in [3.05, 3.63) is 36.3 Å². The minimum absolute atomic E-state index is 0.200. The lowest BCUT2D eigenvalue weighted by atomic mass is 10.3. The monoisotopic (exact) mass is 193 g/mol. The fourth-order valence-corrected chi connectivity index (χ4v) is 1.04. The molecular formula is C8H7N3O3. The van der Waals surface area contributed by atoms with Gasteiger partial charge < -0.3 is 9.52 Å². The van der Waals surface area contributed by atoms with Crippen molar-refractivity contribution >= 4 is 5.97 Å². The normalized spacial score (nSPS) is 10.3. The molecule has 2 rings (SSSR count). The molecule has 14 heavy (non-hydrogen) atoms. The van der Waals surface area contributed by atoms with Gasteiger partial charge in [-0.1, -0.05) is 0 Å². The topological polar surface area (TPSA) is 81.1 Å². The molecule has 0 spiro atoms. The van der Waals surface area contributed by atoms with E-state index in [1.807, 2.05) is 0 Å². The lowest BCUT2D eigenvalue weighted by molar-refractivity contribution is 0.0683. The van der Waals surface area contributed by atoms with Gasteiger partial charge >= 0.3 is 5.97 Å². The van der Waals surface area contributed by atoms with Crippen molar-refractivity contribution in [2.75, 3.05) is 0 Å². The van der Waals surface area contributed by atoms with E-state index in [1.54, 1.807) is 18.6 Å². The average molecular weight is 193 g/mol. The summed E-state index contributed by atoms with van der Waals surface area (Å²) in [6, 6.07) is 1.78. The molecule has 0 aliphatic rings. The first-order chi connectivity index (χ1) is 6.75. The number of furan rings is 1. The summed E-state index contributed by atoms with van der Waals surface area (Å²) in [5, 5.41) is 12.3. The third-order valence-corrected chi connectivity index (χ3v) is 1.65. The maximum absolute atomic E-state index is 10.5. The Kier molecular flexibility index (Phi) is 2.02. The molecule has 1 N–H and O–H groups in total. The zero-order valence-electron chi connectivity index (χ0n) is 7.12. The number of hydrogen-bond donors (Lipinski definition) is 1. The summed E-state index contributed by atoms with van der Waals surface area (Å²) in [6.07, 6.45) is 4.49. The fraction of sp³-hybridized carbons (Fsp3) is 0.125. The van der Waals surface area contributed by atoms with E-state index in [9.17, 15) is 4.79 Å². The van der Waals surface area contributed by atoms with Crippen LogP contribution in [0.1, 0.15) is 16.2 Å². The van der Waals surface area contributed by atoms with Gasteiger partial charge in [0.2, 0.25) is 0 Å². The molecule has 0 unspecified atom stereocenters. The largest absolute Gasteiger partial charge is 0.475 e. The molecule has 0 aliphatic heterocycles. The lowest BCUT2D eigenvalue weighted by Gasteiger charge is -1.94. The van der Waals surface area contributed by atoms with Gasteiger partial charge in [-0.2, -0.15) is 0 Å². The average Bonchev–Trinajstić information content (AvgIpc) is 2.75. The molecule has 0 saturated heterocycles. The molecule has 6 nitrogen and oxygen atoms in total. The summed E-state index contributed by atoms with van der Waals surface area (Å²) in [4.78, 5) is 14.1. The molecule has 0 bridgehead atoms. The van der Waals surface area contributed by atoms with E-state index in [0.29, 0.717) is 6.54 Å². The minimum Gasteiger partial charge on any atom is -0.475 e. The summed E-state index contributed by atoms with van der Waals surface area (Å²) in [6.45, 7) is 0.455. The van der Waals surface area contributed by atoms with E-state index in [2.05, 4.69) is 10.1 Å². The highest BCUT2D eigenvalue weighted by Gasteiger charge is 2.08. The van der Waals surface area contributed by atoms with Crippen LogP contribution in [0.5, 0.6) is 0 Å². The summed E-state index contributed by atoms with van der Waals surface area (Å²) >= 11 is 0. The van der Waals surface area contributed by atoms with Crippen LogP contribution in [0.15, 0.2) is 29.3 Å². The van der Waals surface area contributed by atoms with Crippen molar-refractivity contribution in [1.82, 2.24) is 14.8 Å². The van der Waals surface area contributed by atoms with Gasteiger partial charge in [0.15, 0.2) is 0 Å². The number of aromatic nitrogens is 3. The van der Waals surface area contributed by atoms with Crippen LogP contribution in [-0.4, -0.2) is 25.8 Å². The molecule has 0 atom stereocenters. The first kappa shape index (κ1) is 8.49. The molecule has 2 heterocycles. The van der Waals surface area contributed by atoms with Gasteiger partial charge in [0.05, 0.1) is 19.1 Å². The zero-order valence-corrected chi connectivity index (χ0v) is 7.12. The lowest BCUT2D eigenvalue weighted by Crippen LogP contribution is -2.03. The van der Waals surface area contributed by atoms with Crippen LogP contribution in [0.4, 0.5) is 0 Å². The highest BCUT2D eigenvalue weighted by molar-refractivity contribution is 5.82. The summed E-state index contributed by atoms with van der Waals surface area (Å²) in [5.74, 6) is -1.33. The second-order valence-electron chi connectivity index (χ2n) is 2.70. The number of aromatic carboxylic acids is 1. The Hall–Kier alpha value is -2.11.